The quantitative estimate of drug-likeness (QED) is 0.148. The van der Waals surface area contributed by atoms with E-state index in [0.717, 1.165) is 16.7 Å². The monoisotopic (exact) mass is 568 g/mol. The maximum atomic E-state index is 13.7. The van der Waals surface area contributed by atoms with Crippen molar-refractivity contribution in [3.8, 4) is 28.2 Å². The first kappa shape index (κ1) is 28.9. The van der Waals surface area contributed by atoms with Gasteiger partial charge in [0, 0.05) is 46.4 Å². The molecule has 3 aromatic carbocycles. The van der Waals surface area contributed by atoms with E-state index in [1.54, 1.807) is 25.1 Å². The topological polar surface area (TPSA) is 95.4 Å². The summed E-state index contributed by atoms with van der Waals surface area (Å²) < 4.78 is 30.8. The smallest absolute Gasteiger partial charge is 0.213 e. The molecule has 5 aromatic rings. The van der Waals surface area contributed by atoms with Gasteiger partial charge >= 0.3 is 0 Å². The maximum absolute atomic E-state index is 13.7. The van der Waals surface area contributed by atoms with Gasteiger partial charge in [0.25, 0.3) is 0 Å². The van der Waals surface area contributed by atoms with Gasteiger partial charge in [0.15, 0.2) is 17.4 Å². The maximum Gasteiger partial charge on any atom is 0.213 e. The van der Waals surface area contributed by atoms with E-state index in [1.165, 1.54) is 18.5 Å². The van der Waals surface area contributed by atoms with Crippen LogP contribution in [-0.2, 0) is 11.8 Å². The number of carbonyl (C=O) groups is 2. The van der Waals surface area contributed by atoms with Crippen LogP contribution in [0.5, 0.6) is 5.75 Å². The number of fused-ring (bicyclic) bond motifs is 1. The molecule has 0 N–H and O–H groups in total. The molecule has 5 rings (SSSR count). The molecule has 2 heterocycles. The lowest BCUT2D eigenvalue weighted by Crippen LogP contribution is -2.24. The summed E-state index contributed by atoms with van der Waals surface area (Å²) in [5, 5.41) is 4.58. The van der Waals surface area contributed by atoms with Gasteiger partial charge in [-0.25, -0.2) is 4.39 Å². The molecule has 0 radical (unpaired) electrons. The summed E-state index contributed by atoms with van der Waals surface area (Å²) >= 11 is 0. The summed E-state index contributed by atoms with van der Waals surface area (Å²) in [6, 6.07) is 15.4. The minimum absolute atomic E-state index is 0.0358. The van der Waals surface area contributed by atoms with E-state index in [2.05, 4.69) is 10.1 Å². The Morgan fingerprint density at radius 3 is 2.33 bits per heavy atom. The average Bonchev–Trinajstić information content (AvgIpc) is 3.66. The summed E-state index contributed by atoms with van der Waals surface area (Å²) in [4.78, 5) is 31.1. The van der Waals surface area contributed by atoms with Crippen LogP contribution in [0.25, 0.3) is 33.4 Å². The van der Waals surface area contributed by atoms with Crippen LogP contribution in [0.1, 0.15) is 79.6 Å². The van der Waals surface area contributed by atoms with Gasteiger partial charge in [0.2, 0.25) is 6.39 Å². The molecule has 8 heteroatoms. The van der Waals surface area contributed by atoms with Crippen LogP contribution >= 0.6 is 0 Å². The molecule has 0 unspecified atom stereocenters. The second-order valence-corrected chi connectivity index (χ2v) is 10.8. The summed E-state index contributed by atoms with van der Waals surface area (Å²) in [6.45, 7) is 9.93. The zero-order valence-electron chi connectivity index (χ0n) is 24.4. The third-order valence-corrected chi connectivity index (χ3v) is 7.47. The fourth-order valence-corrected chi connectivity index (χ4v) is 5.24. The Morgan fingerprint density at radius 1 is 0.952 bits per heavy atom. The Kier molecular flexibility index (Phi) is 8.07. The van der Waals surface area contributed by atoms with Crippen LogP contribution in [-0.4, -0.2) is 28.3 Å². The predicted octanol–water partition coefficient (Wildman–Crippen LogP) is 8.39. The lowest BCUT2D eigenvalue weighted by atomic mass is 9.83. The lowest BCUT2D eigenvalue weighted by Gasteiger charge is -2.20. The van der Waals surface area contributed by atoms with E-state index in [0.29, 0.717) is 58.0 Å². The first-order chi connectivity index (χ1) is 20.2. The van der Waals surface area contributed by atoms with Crippen molar-refractivity contribution in [2.75, 3.05) is 6.61 Å². The number of furan rings is 1. The highest BCUT2D eigenvalue weighted by molar-refractivity contribution is 6.13. The van der Waals surface area contributed by atoms with Gasteiger partial charge in [-0.1, -0.05) is 45.0 Å². The van der Waals surface area contributed by atoms with Crippen molar-refractivity contribution >= 4 is 22.5 Å². The number of nitrogens with zero attached hydrogens (tertiary/aromatic N) is 2. The Hall–Kier alpha value is -4.59. The van der Waals surface area contributed by atoms with E-state index >= 15 is 0 Å². The van der Waals surface area contributed by atoms with Crippen molar-refractivity contribution < 1.29 is 27.7 Å². The largest absolute Gasteiger partial charge is 0.493 e. The molecule has 216 valence electrons. The molecule has 0 atom stereocenters. The normalized spacial score (nSPS) is 11.7. The minimum atomic E-state index is -0.622. The van der Waals surface area contributed by atoms with Crippen LogP contribution < -0.4 is 4.74 Å². The molecule has 0 bridgehead atoms. The Morgan fingerprint density at radius 2 is 1.69 bits per heavy atom. The molecule has 0 amide bonds. The van der Waals surface area contributed by atoms with Gasteiger partial charge in [0.1, 0.15) is 22.9 Å². The van der Waals surface area contributed by atoms with E-state index in [9.17, 15) is 14.0 Å². The summed E-state index contributed by atoms with van der Waals surface area (Å²) in [5.74, 6) is 0.919. The Balaban J connectivity index is 1.66. The van der Waals surface area contributed by atoms with Gasteiger partial charge in [-0.3, -0.25) is 9.59 Å². The molecular formula is C34H33FN2O5. The lowest BCUT2D eigenvalue weighted by molar-refractivity contribution is 0.0952. The van der Waals surface area contributed by atoms with Crippen molar-refractivity contribution in [1.82, 2.24) is 10.1 Å². The van der Waals surface area contributed by atoms with Crippen LogP contribution in [0.3, 0.4) is 0 Å². The standard InChI is InChI=1S/C34H33FN2O5/c1-6-20-9-10-22(15-24(20)28(39)18-34(4,5)33-36-19-41-37-33)25-16-26-30(17-29(25)40-8-3)42-32(31(26)27(38)7-2)21-11-13-23(35)14-12-21/h9-17,19H,6-8,18H2,1-5H3. The number of benzene rings is 3. The highest BCUT2D eigenvalue weighted by Gasteiger charge is 2.30. The number of carbonyl (C=O) groups excluding carboxylic acids is 2. The molecule has 0 aliphatic carbocycles. The molecule has 0 saturated heterocycles. The highest BCUT2D eigenvalue weighted by atomic mass is 19.1. The van der Waals surface area contributed by atoms with Crippen molar-refractivity contribution in [1.29, 1.82) is 0 Å². The van der Waals surface area contributed by atoms with Gasteiger partial charge in [-0.15, -0.1) is 0 Å². The predicted molar refractivity (Wildman–Crippen MR) is 158 cm³/mol. The molecular weight excluding hydrogens is 535 g/mol. The molecule has 42 heavy (non-hydrogen) atoms. The van der Waals surface area contributed by atoms with Gasteiger partial charge in [-0.2, -0.15) is 4.98 Å². The van der Waals surface area contributed by atoms with Crippen LogP contribution in [0.4, 0.5) is 4.39 Å². The van der Waals surface area contributed by atoms with Crippen LogP contribution in [0.15, 0.2) is 69.9 Å². The van der Waals surface area contributed by atoms with Crippen molar-refractivity contribution in [3.05, 3.63) is 89.3 Å². The average molecular weight is 569 g/mol. The van der Waals surface area contributed by atoms with E-state index in [4.69, 9.17) is 13.7 Å². The molecule has 7 nitrogen and oxygen atoms in total. The number of ketones is 2. The minimum Gasteiger partial charge on any atom is -0.493 e. The number of ether oxygens (including phenoxy) is 1. The number of Topliss-reactive ketones (excluding diaryl/α,β-unsaturated/α-hetero) is 2. The second-order valence-electron chi connectivity index (χ2n) is 10.8. The number of aromatic nitrogens is 2. The number of hydrogen-bond acceptors (Lipinski definition) is 7. The molecule has 0 spiro atoms. The highest BCUT2D eigenvalue weighted by Crippen LogP contribution is 2.42. The summed E-state index contributed by atoms with van der Waals surface area (Å²) in [7, 11) is 0. The Bertz CT molecular complexity index is 1750. The number of halogens is 1. The van der Waals surface area contributed by atoms with Crippen LogP contribution in [0.2, 0.25) is 0 Å². The van der Waals surface area contributed by atoms with Gasteiger partial charge in [0.05, 0.1) is 12.2 Å². The molecule has 2 aromatic heterocycles. The van der Waals surface area contributed by atoms with Crippen molar-refractivity contribution in [2.24, 2.45) is 0 Å². The third-order valence-electron chi connectivity index (χ3n) is 7.47. The summed E-state index contributed by atoms with van der Waals surface area (Å²) in [5.41, 5.74) is 3.95. The number of rotatable bonds is 11. The first-order valence-electron chi connectivity index (χ1n) is 14.1. The van der Waals surface area contributed by atoms with Crippen molar-refractivity contribution in [2.45, 2.75) is 59.3 Å². The van der Waals surface area contributed by atoms with Gasteiger partial charge < -0.3 is 13.7 Å². The third kappa shape index (κ3) is 5.49. The van der Waals surface area contributed by atoms with Crippen molar-refractivity contribution in [3.63, 3.8) is 0 Å². The fourth-order valence-electron chi connectivity index (χ4n) is 5.24. The zero-order chi connectivity index (χ0) is 30.0. The summed E-state index contributed by atoms with van der Waals surface area (Å²) in [6.07, 6.45) is 2.41. The first-order valence-corrected chi connectivity index (χ1v) is 14.1. The molecule has 0 saturated carbocycles. The van der Waals surface area contributed by atoms with E-state index in [1.807, 2.05) is 52.0 Å². The Labute approximate surface area is 243 Å². The molecule has 0 aliphatic heterocycles. The molecule has 0 aliphatic rings. The molecule has 0 fully saturated rings. The number of aryl methyl sites for hydroxylation is 1. The van der Waals surface area contributed by atoms with E-state index < -0.39 is 5.41 Å². The number of hydrogen-bond donors (Lipinski definition) is 0. The van der Waals surface area contributed by atoms with Crippen LogP contribution in [0, 0.1) is 5.82 Å². The van der Waals surface area contributed by atoms with Gasteiger partial charge in [-0.05, 0) is 60.9 Å². The SMILES string of the molecule is CCOc1cc2oc(-c3ccc(F)cc3)c(C(=O)CC)c2cc1-c1ccc(CC)c(C(=O)CC(C)(C)c2ncon2)c1. The zero-order valence-corrected chi connectivity index (χ0v) is 24.4. The fraction of sp³-hybridized carbons (Fsp3) is 0.294. The second kappa shape index (κ2) is 11.7. The van der Waals surface area contributed by atoms with E-state index in [-0.39, 0.29) is 30.2 Å².